The first-order chi connectivity index (χ1) is 9.81. The van der Waals surface area contributed by atoms with Crippen molar-refractivity contribution >= 4 is 10.9 Å². The van der Waals surface area contributed by atoms with Crippen LogP contribution in [-0.2, 0) is 6.54 Å². The Bertz CT molecular complexity index is 576. The molecule has 0 atom stereocenters. The summed E-state index contributed by atoms with van der Waals surface area (Å²) in [6.45, 7) is 0.950. The quantitative estimate of drug-likeness (QED) is 0.897. The second-order valence-electron chi connectivity index (χ2n) is 5.85. The van der Waals surface area contributed by atoms with Gasteiger partial charge >= 0.3 is 0 Å². The molecule has 1 saturated carbocycles. The van der Waals surface area contributed by atoms with E-state index in [1.165, 1.54) is 24.6 Å². The van der Waals surface area contributed by atoms with Crippen LogP contribution in [0.25, 0.3) is 10.9 Å². The Hall–Kier alpha value is -1.45. The number of nitrogens with one attached hydrogen (secondary N) is 1. The van der Waals surface area contributed by atoms with Crippen molar-refractivity contribution in [2.45, 2.75) is 44.2 Å². The van der Waals surface area contributed by atoms with Crippen LogP contribution >= 0.6 is 0 Å². The van der Waals surface area contributed by atoms with Crippen LogP contribution < -0.4 is 5.32 Å². The summed E-state index contributed by atoms with van der Waals surface area (Å²) in [4.78, 5) is 4.68. The molecule has 0 radical (unpaired) electrons. The Kier molecular flexibility index (Phi) is 3.99. The molecule has 106 valence electrons. The summed E-state index contributed by atoms with van der Waals surface area (Å²) < 4.78 is 0. The van der Waals surface area contributed by atoms with E-state index in [0.29, 0.717) is 0 Å². The number of hydrogen-bond acceptors (Lipinski definition) is 3. The standard InChI is InChI=1S/C17H22N2O/c20-13-17(10-4-1-5-11-17)18-12-15-9-8-14-6-2-3-7-16(14)19-15/h2-3,6-9,18,20H,1,4-5,10-13H2. The van der Waals surface area contributed by atoms with Crippen LogP contribution in [0.15, 0.2) is 36.4 Å². The third kappa shape index (κ3) is 2.84. The molecule has 0 amide bonds. The number of aromatic nitrogens is 1. The van der Waals surface area contributed by atoms with E-state index in [-0.39, 0.29) is 12.1 Å². The number of para-hydroxylation sites is 1. The Morgan fingerprint density at radius 1 is 1.05 bits per heavy atom. The fourth-order valence-corrected chi connectivity index (χ4v) is 3.10. The fraction of sp³-hybridized carbons (Fsp3) is 0.471. The number of pyridine rings is 1. The molecule has 20 heavy (non-hydrogen) atoms. The maximum atomic E-state index is 9.71. The molecule has 3 nitrogen and oxygen atoms in total. The molecule has 3 heteroatoms. The second kappa shape index (κ2) is 5.90. The van der Waals surface area contributed by atoms with E-state index in [9.17, 15) is 5.11 Å². The molecule has 1 fully saturated rings. The summed E-state index contributed by atoms with van der Waals surface area (Å²) in [5.41, 5.74) is 1.99. The largest absolute Gasteiger partial charge is 0.394 e. The number of aliphatic hydroxyl groups excluding tert-OH is 1. The first-order valence-electron chi connectivity index (χ1n) is 7.52. The highest BCUT2D eigenvalue weighted by Gasteiger charge is 2.30. The van der Waals surface area contributed by atoms with Crippen LogP contribution in [0.5, 0.6) is 0 Å². The molecule has 2 N–H and O–H groups in total. The Balaban J connectivity index is 1.72. The van der Waals surface area contributed by atoms with E-state index in [2.05, 4.69) is 28.5 Å². The summed E-state index contributed by atoms with van der Waals surface area (Å²) in [6, 6.07) is 12.4. The minimum atomic E-state index is -0.0917. The van der Waals surface area contributed by atoms with Gasteiger partial charge in [-0.25, -0.2) is 0 Å². The monoisotopic (exact) mass is 270 g/mol. The van der Waals surface area contributed by atoms with Gasteiger partial charge < -0.3 is 10.4 Å². The predicted octanol–water partition coefficient (Wildman–Crippen LogP) is 3.02. The summed E-state index contributed by atoms with van der Waals surface area (Å²) in [5.74, 6) is 0. The van der Waals surface area contributed by atoms with Gasteiger partial charge in [-0.3, -0.25) is 4.98 Å². The fourth-order valence-electron chi connectivity index (χ4n) is 3.10. The van der Waals surface area contributed by atoms with Crippen LogP contribution in [0.2, 0.25) is 0 Å². The van der Waals surface area contributed by atoms with Crippen LogP contribution in [0, 0.1) is 0 Å². The Morgan fingerprint density at radius 3 is 2.65 bits per heavy atom. The van der Waals surface area contributed by atoms with Crippen molar-refractivity contribution < 1.29 is 5.11 Å². The third-order valence-electron chi connectivity index (χ3n) is 4.41. The number of nitrogens with zero attached hydrogens (tertiary/aromatic N) is 1. The molecule has 1 aromatic carbocycles. The molecule has 0 saturated heterocycles. The number of fused-ring (bicyclic) bond motifs is 1. The van der Waals surface area contributed by atoms with E-state index in [4.69, 9.17) is 0 Å². The highest BCUT2D eigenvalue weighted by Crippen LogP contribution is 2.28. The summed E-state index contributed by atoms with van der Waals surface area (Å²) in [6.07, 6.45) is 5.84. The molecule has 1 heterocycles. The lowest BCUT2D eigenvalue weighted by Crippen LogP contribution is -2.49. The van der Waals surface area contributed by atoms with Gasteiger partial charge in [0.1, 0.15) is 0 Å². The molecular weight excluding hydrogens is 248 g/mol. The minimum Gasteiger partial charge on any atom is -0.394 e. The lowest BCUT2D eigenvalue weighted by Gasteiger charge is -2.36. The van der Waals surface area contributed by atoms with Crippen molar-refractivity contribution in [2.75, 3.05) is 6.61 Å². The minimum absolute atomic E-state index is 0.0917. The molecule has 0 unspecified atom stereocenters. The highest BCUT2D eigenvalue weighted by molar-refractivity contribution is 5.78. The first-order valence-corrected chi connectivity index (χ1v) is 7.52. The molecule has 3 rings (SSSR count). The summed E-state index contributed by atoms with van der Waals surface area (Å²) in [7, 11) is 0. The molecule has 2 aromatic rings. The molecule has 1 aliphatic carbocycles. The molecule has 1 aliphatic rings. The third-order valence-corrected chi connectivity index (χ3v) is 4.41. The van der Waals surface area contributed by atoms with Crippen molar-refractivity contribution in [1.82, 2.24) is 10.3 Å². The van der Waals surface area contributed by atoms with E-state index >= 15 is 0 Å². The van der Waals surface area contributed by atoms with E-state index in [1.807, 2.05) is 18.2 Å². The summed E-state index contributed by atoms with van der Waals surface area (Å²) >= 11 is 0. The van der Waals surface area contributed by atoms with Crippen LogP contribution in [0.4, 0.5) is 0 Å². The normalized spacial score (nSPS) is 18.2. The molecule has 0 spiro atoms. The highest BCUT2D eigenvalue weighted by atomic mass is 16.3. The number of hydrogen-bond donors (Lipinski definition) is 2. The smallest absolute Gasteiger partial charge is 0.0705 e. The van der Waals surface area contributed by atoms with Gasteiger partial charge in [0.15, 0.2) is 0 Å². The zero-order chi connectivity index (χ0) is 13.8. The maximum Gasteiger partial charge on any atom is 0.0705 e. The van der Waals surface area contributed by atoms with E-state index in [0.717, 1.165) is 30.6 Å². The lowest BCUT2D eigenvalue weighted by atomic mass is 9.82. The van der Waals surface area contributed by atoms with Gasteiger partial charge in [0.2, 0.25) is 0 Å². The van der Waals surface area contributed by atoms with Crippen molar-refractivity contribution in [1.29, 1.82) is 0 Å². The van der Waals surface area contributed by atoms with Gasteiger partial charge in [0.25, 0.3) is 0 Å². The lowest BCUT2D eigenvalue weighted by molar-refractivity contribution is 0.119. The number of benzene rings is 1. The zero-order valence-electron chi connectivity index (χ0n) is 11.8. The van der Waals surface area contributed by atoms with Gasteiger partial charge in [-0.2, -0.15) is 0 Å². The van der Waals surface area contributed by atoms with E-state index in [1.54, 1.807) is 0 Å². The van der Waals surface area contributed by atoms with Gasteiger partial charge in [0, 0.05) is 17.5 Å². The zero-order valence-corrected chi connectivity index (χ0v) is 11.8. The summed E-state index contributed by atoms with van der Waals surface area (Å²) in [5, 5.41) is 14.4. The predicted molar refractivity (Wildman–Crippen MR) is 81.5 cm³/mol. The van der Waals surface area contributed by atoms with Crippen LogP contribution in [0.3, 0.4) is 0 Å². The molecule has 1 aromatic heterocycles. The van der Waals surface area contributed by atoms with Crippen molar-refractivity contribution in [3.8, 4) is 0 Å². The number of aliphatic hydroxyl groups is 1. The molecule has 0 aliphatic heterocycles. The van der Waals surface area contributed by atoms with Gasteiger partial charge in [-0.1, -0.05) is 43.5 Å². The van der Waals surface area contributed by atoms with E-state index < -0.39 is 0 Å². The van der Waals surface area contributed by atoms with Crippen LogP contribution in [-0.4, -0.2) is 22.2 Å². The Labute approximate surface area is 120 Å². The van der Waals surface area contributed by atoms with Crippen molar-refractivity contribution in [3.05, 3.63) is 42.1 Å². The maximum absolute atomic E-state index is 9.71. The van der Waals surface area contributed by atoms with Crippen molar-refractivity contribution in [3.63, 3.8) is 0 Å². The molecular formula is C17H22N2O. The molecule has 0 bridgehead atoms. The Morgan fingerprint density at radius 2 is 1.85 bits per heavy atom. The van der Waals surface area contributed by atoms with Crippen molar-refractivity contribution in [2.24, 2.45) is 0 Å². The SMILES string of the molecule is OCC1(NCc2ccc3ccccc3n2)CCCCC1. The number of rotatable bonds is 4. The second-order valence-corrected chi connectivity index (χ2v) is 5.85. The van der Waals surface area contributed by atoms with Gasteiger partial charge in [-0.15, -0.1) is 0 Å². The van der Waals surface area contributed by atoms with Gasteiger partial charge in [0.05, 0.1) is 17.8 Å². The average Bonchev–Trinajstić information content (AvgIpc) is 2.54. The average molecular weight is 270 g/mol. The first kappa shape index (κ1) is 13.5. The van der Waals surface area contributed by atoms with Gasteiger partial charge in [-0.05, 0) is 25.0 Å². The van der Waals surface area contributed by atoms with Crippen LogP contribution in [0.1, 0.15) is 37.8 Å². The topological polar surface area (TPSA) is 45.1 Å².